The quantitative estimate of drug-likeness (QED) is 0.719. The maximum absolute atomic E-state index is 5.28. The van der Waals surface area contributed by atoms with E-state index in [0.717, 1.165) is 17.7 Å². The van der Waals surface area contributed by atoms with Gasteiger partial charge in [-0.05, 0) is 17.9 Å². The molecule has 0 unspecified atom stereocenters. The maximum Gasteiger partial charge on any atom is 0.126 e. The average Bonchev–Trinajstić information content (AvgIpc) is 2.16. The second-order valence-corrected chi connectivity index (χ2v) is 4.91. The molecule has 0 fully saturated rings. The predicted octanol–water partition coefficient (Wildman–Crippen LogP) is 4.14. The van der Waals surface area contributed by atoms with Crippen molar-refractivity contribution in [2.45, 2.75) is 27.2 Å². The van der Waals surface area contributed by atoms with E-state index in [4.69, 9.17) is 4.74 Å². The van der Waals surface area contributed by atoms with E-state index < -0.39 is 0 Å². The fraction of sp³-hybridized carbons (Fsp3) is 0.429. The third kappa shape index (κ3) is 4.20. The van der Waals surface area contributed by atoms with Gasteiger partial charge in [-0.2, -0.15) is 0 Å². The Morgan fingerprint density at radius 3 is 2.47 bits per heavy atom. The van der Waals surface area contributed by atoms with Crippen molar-refractivity contribution in [3.8, 4) is 5.75 Å². The largest absolute Gasteiger partial charge is 0.496 e. The Balaban J connectivity index is 2.72. The topological polar surface area (TPSA) is 9.23 Å². The van der Waals surface area contributed by atoms with E-state index in [1.807, 2.05) is 18.2 Å². The van der Waals surface area contributed by atoms with Crippen LogP contribution in [0.15, 0.2) is 30.3 Å². The molecule has 0 aliphatic carbocycles. The van der Waals surface area contributed by atoms with E-state index in [1.54, 1.807) is 7.11 Å². The van der Waals surface area contributed by atoms with Crippen LogP contribution in [0.2, 0.25) is 0 Å². The molecule has 1 aromatic carbocycles. The SMILES string of the molecule is COc1ccccc1/C=C/CC(C)(C)C. The van der Waals surface area contributed by atoms with Crippen molar-refractivity contribution in [2.24, 2.45) is 5.41 Å². The van der Waals surface area contributed by atoms with Gasteiger partial charge in [0.05, 0.1) is 7.11 Å². The van der Waals surface area contributed by atoms with Crippen LogP contribution in [0.5, 0.6) is 5.75 Å². The zero-order chi connectivity index (χ0) is 11.3. The fourth-order valence-electron chi connectivity index (χ4n) is 1.34. The smallest absolute Gasteiger partial charge is 0.126 e. The molecule has 82 valence electrons. The number of hydrogen-bond acceptors (Lipinski definition) is 1. The molecule has 0 spiro atoms. The molecule has 1 heteroatoms. The standard InChI is InChI=1S/C14H20O/c1-14(2,3)11-7-9-12-8-5-6-10-13(12)15-4/h5-10H,11H2,1-4H3/b9-7+. The lowest BCUT2D eigenvalue weighted by Crippen LogP contribution is -2.01. The van der Waals surface area contributed by atoms with Crippen molar-refractivity contribution in [1.82, 2.24) is 0 Å². The van der Waals surface area contributed by atoms with Crippen LogP contribution in [0, 0.1) is 5.41 Å². The highest BCUT2D eigenvalue weighted by Gasteiger charge is 2.06. The molecule has 0 radical (unpaired) electrons. The minimum atomic E-state index is 0.346. The molecule has 0 saturated carbocycles. The van der Waals surface area contributed by atoms with Gasteiger partial charge in [0.15, 0.2) is 0 Å². The summed E-state index contributed by atoms with van der Waals surface area (Å²) in [5.41, 5.74) is 1.49. The normalized spacial score (nSPS) is 12.0. The van der Waals surface area contributed by atoms with Crippen LogP contribution in [0.25, 0.3) is 6.08 Å². The highest BCUT2D eigenvalue weighted by molar-refractivity contribution is 5.57. The van der Waals surface area contributed by atoms with Crippen molar-refractivity contribution in [1.29, 1.82) is 0 Å². The van der Waals surface area contributed by atoms with Gasteiger partial charge in [-0.25, -0.2) is 0 Å². The molecule has 1 rings (SSSR count). The summed E-state index contributed by atoms with van der Waals surface area (Å²) >= 11 is 0. The molecular weight excluding hydrogens is 184 g/mol. The van der Waals surface area contributed by atoms with Gasteiger partial charge < -0.3 is 4.74 Å². The molecule has 0 saturated heterocycles. The van der Waals surface area contributed by atoms with Crippen molar-refractivity contribution in [2.75, 3.05) is 7.11 Å². The van der Waals surface area contributed by atoms with Crippen molar-refractivity contribution >= 4 is 6.08 Å². The Morgan fingerprint density at radius 2 is 1.87 bits per heavy atom. The minimum Gasteiger partial charge on any atom is -0.496 e. The van der Waals surface area contributed by atoms with Gasteiger partial charge in [0.25, 0.3) is 0 Å². The van der Waals surface area contributed by atoms with Crippen LogP contribution in [0.1, 0.15) is 32.8 Å². The first-order chi connectivity index (χ1) is 7.03. The van der Waals surface area contributed by atoms with Crippen LogP contribution in [0.3, 0.4) is 0 Å². The zero-order valence-electron chi connectivity index (χ0n) is 10.1. The number of methoxy groups -OCH3 is 1. The lowest BCUT2D eigenvalue weighted by Gasteiger charge is -2.14. The second kappa shape index (κ2) is 5.01. The van der Waals surface area contributed by atoms with Crippen molar-refractivity contribution < 1.29 is 4.74 Å². The summed E-state index contributed by atoms with van der Waals surface area (Å²) in [4.78, 5) is 0. The number of allylic oxidation sites excluding steroid dienone is 1. The Labute approximate surface area is 92.8 Å². The van der Waals surface area contributed by atoms with Crippen LogP contribution in [-0.4, -0.2) is 7.11 Å². The zero-order valence-corrected chi connectivity index (χ0v) is 10.1. The summed E-state index contributed by atoms with van der Waals surface area (Å²) in [6.07, 6.45) is 5.41. The van der Waals surface area contributed by atoms with Crippen LogP contribution < -0.4 is 4.74 Å². The summed E-state index contributed by atoms with van der Waals surface area (Å²) < 4.78 is 5.28. The third-order valence-corrected chi connectivity index (χ3v) is 2.17. The number of para-hydroxylation sites is 1. The Kier molecular flexibility index (Phi) is 3.96. The highest BCUT2D eigenvalue weighted by Crippen LogP contribution is 2.22. The molecule has 0 amide bonds. The first kappa shape index (κ1) is 11.8. The molecule has 0 N–H and O–H groups in total. The van der Waals surface area contributed by atoms with Gasteiger partial charge in [0.2, 0.25) is 0 Å². The van der Waals surface area contributed by atoms with E-state index in [9.17, 15) is 0 Å². The molecule has 0 aliphatic rings. The van der Waals surface area contributed by atoms with Gasteiger partial charge in [0.1, 0.15) is 5.75 Å². The van der Waals surface area contributed by atoms with Crippen LogP contribution in [-0.2, 0) is 0 Å². The summed E-state index contributed by atoms with van der Waals surface area (Å²) in [5.74, 6) is 0.933. The van der Waals surface area contributed by atoms with Crippen LogP contribution >= 0.6 is 0 Å². The molecule has 0 atom stereocenters. The van der Waals surface area contributed by atoms with Gasteiger partial charge in [-0.1, -0.05) is 51.1 Å². The molecule has 0 aromatic heterocycles. The lowest BCUT2D eigenvalue weighted by molar-refractivity contribution is 0.413. The van der Waals surface area contributed by atoms with E-state index in [2.05, 4.69) is 39.0 Å². The number of benzene rings is 1. The van der Waals surface area contributed by atoms with E-state index in [-0.39, 0.29) is 0 Å². The Bertz CT molecular complexity index is 331. The van der Waals surface area contributed by atoms with Gasteiger partial charge >= 0.3 is 0 Å². The van der Waals surface area contributed by atoms with Crippen molar-refractivity contribution in [3.05, 3.63) is 35.9 Å². The maximum atomic E-state index is 5.28. The van der Waals surface area contributed by atoms with Gasteiger partial charge in [-0.3, -0.25) is 0 Å². The molecule has 0 heterocycles. The lowest BCUT2D eigenvalue weighted by atomic mass is 9.92. The second-order valence-electron chi connectivity index (χ2n) is 4.91. The van der Waals surface area contributed by atoms with E-state index in [1.165, 1.54) is 0 Å². The Morgan fingerprint density at radius 1 is 1.20 bits per heavy atom. The molecule has 0 bridgehead atoms. The van der Waals surface area contributed by atoms with E-state index in [0.29, 0.717) is 5.41 Å². The molecule has 15 heavy (non-hydrogen) atoms. The summed E-state index contributed by atoms with van der Waals surface area (Å²) in [7, 11) is 1.70. The van der Waals surface area contributed by atoms with Crippen molar-refractivity contribution in [3.63, 3.8) is 0 Å². The fourth-order valence-corrected chi connectivity index (χ4v) is 1.34. The molecule has 1 aromatic rings. The van der Waals surface area contributed by atoms with Gasteiger partial charge in [0, 0.05) is 5.56 Å². The third-order valence-electron chi connectivity index (χ3n) is 2.17. The molecule has 0 aliphatic heterocycles. The first-order valence-corrected chi connectivity index (χ1v) is 5.32. The van der Waals surface area contributed by atoms with Crippen LogP contribution in [0.4, 0.5) is 0 Å². The predicted molar refractivity (Wildman–Crippen MR) is 66.1 cm³/mol. The number of ether oxygens (including phenoxy) is 1. The average molecular weight is 204 g/mol. The monoisotopic (exact) mass is 204 g/mol. The molecule has 1 nitrogen and oxygen atoms in total. The number of hydrogen-bond donors (Lipinski definition) is 0. The minimum absolute atomic E-state index is 0.346. The van der Waals surface area contributed by atoms with E-state index >= 15 is 0 Å². The first-order valence-electron chi connectivity index (χ1n) is 5.32. The highest BCUT2D eigenvalue weighted by atomic mass is 16.5. The summed E-state index contributed by atoms with van der Waals surface area (Å²) in [5, 5.41) is 0. The summed E-state index contributed by atoms with van der Waals surface area (Å²) in [6.45, 7) is 6.71. The van der Waals surface area contributed by atoms with Gasteiger partial charge in [-0.15, -0.1) is 0 Å². The summed E-state index contributed by atoms with van der Waals surface area (Å²) in [6, 6.07) is 8.06. The molecular formula is C14H20O. The number of rotatable bonds is 3. The Hall–Kier alpha value is -1.24.